The number of piperidine rings is 1. The average molecular weight is 361 g/mol. The molecule has 2 atom stereocenters. The molecule has 7 heteroatoms. The molecule has 1 aliphatic rings. The molecule has 1 saturated heterocycles. The van der Waals surface area contributed by atoms with Gasteiger partial charge in [0, 0.05) is 39.1 Å². The minimum absolute atomic E-state index is 0.338. The van der Waals surface area contributed by atoms with Crippen LogP contribution in [-0.2, 0) is 6.42 Å². The number of likely N-dealkylation sites (tertiary alicyclic amines) is 1. The second-order valence-electron chi connectivity index (χ2n) is 6.73. The summed E-state index contributed by atoms with van der Waals surface area (Å²) in [5, 5.41) is 3.28. The molecule has 26 heavy (non-hydrogen) atoms. The average Bonchev–Trinajstić information content (AvgIpc) is 3.17. The van der Waals surface area contributed by atoms with E-state index in [-0.39, 0.29) is 0 Å². The fourth-order valence-electron chi connectivity index (χ4n) is 3.48. The predicted molar refractivity (Wildman–Crippen MR) is 98.0 cm³/mol. The molecule has 2 heterocycles. The van der Waals surface area contributed by atoms with Gasteiger partial charge in [0.15, 0.2) is 17.6 Å². The molecule has 0 saturated carbocycles. The summed E-state index contributed by atoms with van der Waals surface area (Å²) >= 11 is 0. The molecular weight excluding hydrogens is 336 g/mol. The Morgan fingerprint density at radius 2 is 2.23 bits per heavy atom. The van der Waals surface area contributed by atoms with Crippen molar-refractivity contribution in [2.75, 3.05) is 26.7 Å². The summed E-state index contributed by atoms with van der Waals surface area (Å²) in [5.74, 6) is -0.227. The van der Waals surface area contributed by atoms with E-state index in [4.69, 9.17) is 0 Å². The molecule has 0 bridgehead atoms. The lowest BCUT2D eigenvalue weighted by atomic mass is 9.93. The Morgan fingerprint density at radius 1 is 1.38 bits per heavy atom. The molecule has 5 nitrogen and oxygen atoms in total. The van der Waals surface area contributed by atoms with Crippen molar-refractivity contribution in [3.05, 3.63) is 54.1 Å². The third-order valence-electron chi connectivity index (χ3n) is 5.05. The quantitative estimate of drug-likeness (QED) is 0.673. The van der Waals surface area contributed by atoms with Crippen LogP contribution in [0.1, 0.15) is 24.9 Å². The van der Waals surface area contributed by atoms with Gasteiger partial charge < -0.3 is 14.8 Å². The number of halogens is 2. The van der Waals surface area contributed by atoms with Crippen LogP contribution in [0.2, 0.25) is 0 Å². The van der Waals surface area contributed by atoms with Gasteiger partial charge in [0.1, 0.15) is 0 Å². The van der Waals surface area contributed by atoms with Crippen LogP contribution in [0.3, 0.4) is 0 Å². The highest BCUT2D eigenvalue weighted by molar-refractivity contribution is 5.80. The largest absolute Gasteiger partial charge is 0.356 e. The predicted octanol–water partition coefficient (Wildman–Crippen LogP) is 2.86. The number of nitrogens with zero attached hydrogens (tertiary/aromatic N) is 4. The van der Waals surface area contributed by atoms with E-state index in [1.807, 2.05) is 12.5 Å². The van der Waals surface area contributed by atoms with E-state index >= 15 is 0 Å². The zero-order valence-electron chi connectivity index (χ0n) is 15.2. The Morgan fingerprint density at radius 3 is 2.96 bits per heavy atom. The normalized spacial score (nSPS) is 21.1. The van der Waals surface area contributed by atoms with Gasteiger partial charge in [0.2, 0.25) is 0 Å². The summed E-state index contributed by atoms with van der Waals surface area (Å²) in [6.07, 6.45) is 7.10. The first-order chi connectivity index (χ1) is 12.6. The summed E-state index contributed by atoms with van der Waals surface area (Å²) in [4.78, 5) is 10.7. The third kappa shape index (κ3) is 4.03. The topological polar surface area (TPSA) is 45.5 Å². The lowest BCUT2D eigenvalue weighted by Gasteiger charge is -2.39. The number of aliphatic imine (C=N–C) groups is 1. The molecule has 0 amide bonds. The van der Waals surface area contributed by atoms with Crippen LogP contribution in [0, 0.1) is 17.6 Å². The number of hydrogen-bond donors (Lipinski definition) is 1. The van der Waals surface area contributed by atoms with E-state index in [2.05, 4.69) is 31.7 Å². The monoisotopic (exact) mass is 361 g/mol. The Labute approximate surface area is 152 Å². The van der Waals surface area contributed by atoms with E-state index < -0.39 is 11.6 Å². The maximum absolute atomic E-state index is 13.8. The van der Waals surface area contributed by atoms with Crippen LogP contribution < -0.4 is 5.32 Å². The van der Waals surface area contributed by atoms with Gasteiger partial charge in [-0.05, 0) is 30.4 Å². The van der Waals surface area contributed by atoms with Gasteiger partial charge in [-0.25, -0.2) is 13.8 Å². The van der Waals surface area contributed by atoms with E-state index in [1.54, 1.807) is 19.3 Å². The molecule has 1 aromatic heterocycles. The first-order valence-corrected chi connectivity index (χ1v) is 8.96. The van der Waals surface area contributed by atoms with Crippen molar-refractivity contribution in [2.45, 2.75) is 25.8 Å². The van der Waals surface area contributed by atoms with Crippen molar-refractivity contribution in [3.8, 4) is 0 Å². The maximum atomic E-state index is 13.8. The van der Waals surface area contributed by atoms with Crippen molar-refractivity contribution in [2.24, 2.45) is 10.9 Å². The molecule has 0 spiro atoms. The molecule has 1 aliphatic heterocycles. The van der Waals surface area contributed by atoms with Crippen LogP contribution >= 0.6 is 0 Å². The van der Waals surface area contributed by atoms with Gasteiger partial charge in [-0.2, -0.15) is 0 Å². The van der Waals surface area contributed by atoms with E-state index in [1.165, 1.54) is 6.07 Å². The first kappa shape index (κ1) is 18.4. The van der Waals surface area contributed by atoms with Crippen LogP contribution in [-0.4, -0.2) is 47.1 Å². The second kappa shape index (κ2) is 8.29. The highest BCUT2D eigenvalue weighted by Crippen LogP contribution is 2.27. The number of guanidine groups is 1. The number of imidazole rings is 1. The van der Waals surface area contributed by atoms with Crippen molar-refractivity contribution in [1.82, 2.24) is 19.8 Å². The number of aromatic nitrogens is 2. The Hall–Kier alpha value is -2.44. The molecule has 0 radical (unpaired) electrons. The van der Waals surface area contributed by atoms with Gasteiger partial charge in [0.05, 0.1) is 12.4 Å². The van der Waals surface area contributed by atoms with Crippen molar-refractivity contribution in [1.29, 1.82) is 0 Å². The number of rotatable bonds is 4. The fraction of sp³-hybridized carbons (Fsp3) is 0.474. The van der Waals surface area contributed by atoms with Gasteiger partial charge >= 0.3 is 0 Å². The van der Waals surface area contributed by atoms with Crippen LogP contribution in [0.5, 0.6) is 0 Å². The Bertz CT molecular complexity index is 744. The van der Waals surface area contributed by atoms with Crippen molar-refractivity contribution >= 4 is 5.96 Å². The van der Waals surface area contributed by atoms with Gasteiger partial charge in [-0.15, -0.1) is 0 Å². The van der Waals surface area contributed by atoms with E-state index in [9.17, 15) is 8.78 Å². The Balaban J connectivity index is 1.59. The summed E-state index contributed by atoms with van der Waals surface area (Å²) < 4.78 is 29.2. The molecule has 2 aromatic rings. The lowest BCUT2D eigenvalue weighted by molar-refractivity contribution is 0.189. The number of benzene rings is 1. The molecule has 3 rings (SSSR count). The second-order valence-corrected chi connectivity index (χ2v) is 6.73. The molecule has 0 aliphatic carbocycles. The third-order valence-corrected chi connectivity index (χ3v) is 5.05. The smallest absolute Gasteiger partial charge is 0.193 e. The van der Waals surface area contributed by atoms with Crippen LogP contribution in [0.25, 0.3) is 0 Å². The maximum Gasteiger partial charge on any atom is 0.193 e. The van der Waals surface area contributed by atoms with E-state index in [0.29, 0.717) is 30.5 Å². The molecular formula is C19H25F2N5. The number of hydrogen-bond acceptors (Lipinski definition) is 2. The minimum Gasteiger partial charge on any atom is -0.356 e. The molecule has 2 unspecified atom stereocenters. The van der Waals surface area contributed by atoms with Gasteiger partial charge in [-0.3, -0.25) is 4.99 Å². The van der Waals surface area contributed by atoms with Gasteiger partial charge in [-0.1, -0.05) is 19.1 Å². The van der Waals surface area contributed by atoms with Crippen molar-refractivity contribution in [3.63, 3.8) is 0 Å². The highest BCUT2D eigenvalue weighted by Gasteiger charge is 2.28. The molecule has 1 N–H and O–H groups in total. The van der Waals surface area contributed by atoms with Crippen LogP contribution in [0.4, 0.5) is 8.78 Å². The molecule has 1 aromatic carbocycles. The fourth-order valence-corrected chi connectivity index (χ4v) is 3.48. The standard InChI is InChI=1S/C19H25F2N5/c1-14-7-10-25(12-17(14)26-11-9-23-13-26)19(22-2)24-8-6-15-4-3-5-16(20)18(15)21/h3-5,9,11,13-14,17H,6-8,10,12H2,1-2H3,(H,22,24). The summed E-state index contributed by atoms with van der Waals surface area (Å²) in [6, 6.07) is 4.62. The summed E-state index contributed by atoms with van der Waals surface area (Å²) in [5.41, 5.74) is 0.372. The Kier molecular flexibility index (Phi) is 5.85. The number of nitrogens with one attached hydrogen (secondary N) is 1. The zero-order chi connectivity index (χ0) is 18.5. The lowest BCUT2D eigenvalue weighted by Crippen LogP contribution is -2.49. The van der Waals surface area contributed by atoms with Crippen LogP contribution in [0.15, 0.2) is 41.9 Å². The highest BCUT2D eigenvalue weighted by atomic mass is 19.2. The van der Waals surface area contributed by atoms with Crippen molar-refractivity contribution < 1.29 is 8.78 Å². The zero-order valence-corrected chi connectivity index (χ0v) is 15.2. The SMILES string of the molecule is CN=C(NCCc1cccc(F)c1F)N1CCC(C)C(n2ccnc2)C1. The summed E-state index contributed by atoms with van der Waals surface area (Å²) in [7, 11) is 1.75. The molecule has 1 fully saturated rings. The summed E-state index contributed by atoms with van der Waals surface area (Å²) in [6.45, 7) is 4.51. The van der Waals surface area contributed by atoms with Gasteiger partial charge in [0.25, 0.3) is 0 Å². The first-order valence-electron chi connectivity index (χ1n) is 8.96. The van der Waals surface area contributed by atoms with E-state index in [0.717, 1.165) is 31.5 Å². The minimum atomic E-state index is -0.805. The molecule has 140 valence electrons.